The first-order chi connectivity index (χ1) is 8.17. The van der Waals surface area contributed by atoms with Gasteiger partial charge in [0.2, 0.25) is 6.08 Å². The van der Waals surface area contributed by atoms with Gasteiger partial charge in [-0.1, -0.05) is 0 Å². The zero-order valence-electron chi connectivity index (χ0n) is 9.64. The largest absolute Gasteiger partial charge is 0.496 e. The van der Waals surface area contributed by atoms with Crippen LogP contribution in [0, 0.1) is 0 Å². The van der Waals surface area contributed by atoms with Gasteiger partial charge >= 0.3 is 0 Å². The number of benzene rings is 1. The van der Waals surface area contributed by atoms with Gasteiger partial charge in [-0.05, 0) is 0 Å². The summed E-state index contributed by atoms with van der Waals surface area (Å²) in [6.45, 7) is 0. The van der Waals surface area contributed by atoms with Gasteiger partial charge in [0.25, 0.3) is 5.91 Å². The van der Waals surface area contributed by atoms with Crippen LogP contribution in [0.25, 0.3) is 0 Å². The Morgan fingerprint density at radius 1 is 1.12 bits per heavy atom. The highest BCUT2D eigenvalue weighted by Gasteiger charge is 2.19. The molecule has 0 aromatic heterocycles. The molecule has 90 valence electrons. The fourth-order valence-electron chi connectivity index (χ4n) is 1.31. The van der Waals surface area contributed by atoms with E-state index in [9.17, 15) is 9.59 Å². The summed E-state index contributed by atoms with van der Waals surface area (Å²) in [6.07, 6.45) is 1.18. The molecule has 17 heavy (non-hydrogen) atoms. The molecule has 6 nitrogen and oxygen atoms in total. The highest BCUT2D eigenvalue weighted by atomic mass is 16.5. The van der Waals surface area contributed by atoms with Gasteiger partial charge in [0.1, 0.15) is 22.8 Å². The van der Waals surface area contributed by atoms with Crippen molar-refractivity contribution in [1.82, 2.24) is 0 Å². The molecule has 0 unspecified atom stereocenters. The average Bonchev–Trinajstić information content (AvgIpc) is 2.37. The van der Waals surface area contributed by atoms with E-state index in [1.54, 1.807) is 0 Å². The summed E-state index contributed by atoms with van der Waals surface area (Å²) in [5.41, 5.74) is 0.0548. The normalized spacial score (nSPS) is 9.12. The number of isocyanates is 1. The van der Waals surface area contributed by atoms with E-state index in [-0.39, 0.29) is 17.1 Å². The van der Waals surface area contributed by atoms with Crippen LogP contribution >= 0.6 is 0 Å². The van der Waals surface area contributed by atoms with Gasteiger partial charge in [-0.3, -0.25) is 4.79 Å². The van der Waals surface area contributed by atoms with E-state index in [0.717, 1.165) is 0 Å². The first-order valence-electron chi connectivity index (χ1n) is 4.60. The summed E-state index contributed by atoms with van der Waals surface area (Å²) in [6, 6.07) is 2.99. The van der Waals surface area contributed by atoms with E-state index in [2.05, 4.69) is 4.99 Å². The summed E-state index contributed by atoms with van der Waals surface area (Å²) in [5, 5.41) is 0. The Morgan fingerprint density at radius 2 is 1.65 bits per heavy atom. The van der Waals surface area contributed by atoms with E-state index >= 15 is 0 Å². The summed E-state index contributed by atoms with van der Waals surface area (Å²) in [4.78, 5) is 24.7. The van der Waals surface area contributed by atoms with Crippen molar-refractivity contribution in [2.75, 3.05) is 21.3 Å². The molecular weight excluding hydrogens is 226 g/mol. The molecule has 0 saturated carbocycles. The molecule has 1 aromatic rings. The van der Waals surface area contributed by atoms with Crippen molar-refractivity contribution in [2.45, 2.75) is 0 Å². The maximum absolute atomic E-state index is 11.6. The first kappa shape index (κ1) is 12.7. The van der Waals surface area contributed by atoms with Gasteiger partial charge < -0.3 is 14.2 Å². The molecule has 0 spiro atoms. The van der Waals surface area contributed by atoms with Crippen LogP contribution in [-0.4, -0.2) is 33.3 Å². The molecule has 0 saturated heterocycles. The minimum Gasteiger partial charge on any atom is -0.496 e. The lowest BCUT2D eigenvalue weighted by molar-refractivity contribution is 0.0997. The number of nitrogens with zero attached hydrogens (tertiary/aromatic N) is 1. The Bertz CT molecular complexity index is 452. The van der Waals surface area contributed by atoms with E-state index in [1.165, 1.54) is 39.5 Å². The van der Waals surface area contributed by atoms with Gasteiger partial charge in [-0.2, -0.15) is 0 Å². The number of carbonyl (C=O) groups excluding carboxylic acids is 2. The third kappa shape index (κ3) is 2.62. The molecule has 0 N–H and O–H groups in total. The number of carbonyl (C=O) groups is 1. The molecule has 0 heterocycles. The number of methoxy groups -OCH3 is 3. The third-order valence-electron chi connectivity index (χ3n) is 2.08. The molecule has 0 fully saturated rings. The van der Waals surface area contributed by atoms with E-state index < -0.39 is 5.91 Å². The summed E-state index contributed by atoms with van der Waals surface area (Å²) in [5.74, 6) is 0.108. The van der Waals surface area contributed by atoms with Crippen LogP contribution in [-0.2, 0) is 4.79 Å². The number of rotatable bonds is 4. The Hall–Kier alpha value is -2.33. The van der Waals surface area contributed by atoms with Crippen LogP contribution in [0.1, 0.15) is 10.4 Å². The standard InChI is InChI=1S/C11H11NO5/c1-15-7-4-8(16-2)10(9(5-7)17-3)11(14)12-6-13/h4-5H,1-3H3. The van der Waals surface area contributed by atoms with E-state index in [1.807, 2.05) is 0 Å². The Labute approximate surface area is 97.8 Å². The first-order valence-corrected chi connectivity index (χ1v) is 4.60. The second-order valence-electron chi connectivity index (χ2n) is 2.92. The van der Waals surface area contributed by atoms with Crippen LogP contribution in [0.5, 0.6) is 17.2 Å². The van der Waals surface area contributed by atoms with Crippen molar-refractivity contribution in [3.63, 3.8) is 0 Å². The van der Waals surface area contributed by atoms with Crippen LogP contribution < -0.4 is 14.2 Å². The highest BCUT2D eigenvalue weighted by molar-refractivity contribution is 6.02. The Kier molecular flexibility index (Phi) is 4.25. The van der Waals surface area contributed by atoms with E-state index in [0.29, 0.717) is 5.75 Å². The molecule has 1 aromatic carbocycles. The zero-order valence-corrected chi connectivity index (χ0v) is 9.64. The van der Waals surface area contributed by atoms with Crippen molar-refractivity contribution < 1.29 is 23.8 Å². The lowest BCUT2D eigenvalue weighted by Crippen LogP contribution is -2.03. The predicted molar refractivity (Wildman–Crippen MR) is 58.6 cm³/mol. The highest BCUT2D eigenvalue weighted by Crippen LogP contribution is 2.34. The minimum atomic E-state index is -0.781. The minimum absolute atomic E-state index is 0.0548. The molecule has 0 radical (unpaired) electrons. The molecule has 0 atom stereocenters. The average molecular weight is 237 g/mol. The molecule has 0 bridgehead atoms. The number of ether oxygens (including phenoxy) is 3. The Morgan fingerprint density at radius 3 is 2.00 bits per heavy atom. The summed E-state index contributed by atoms with van der Waals surface area (Å²) < 4.78 is 15.1. The van der Waals surface area contributed by atoms with Crippen molar-refractivity contribution in [3.05, 3.63) is 17.7 Å². The van der Waals surface area contributed by atoms with Crippen LogP contribution in [0.2, 0.25) is 0 Å². The summed E-state index contributed by atoms with van der Waals surface area (Å²) in [7, 11) is 4.24. The number of hydrogen-bond acceptors (Lipinski definition) is 5. The number of hydrogen-bond donors (Lipinski definition) is 0. The van der Waals surface area contributed by atoms with Gasteiger partial charge in [0, 0.05) is 12.1 Å². The van der Waals surface area contributed by atoms with Gasteiger partial charge in [-0.25, -0.2) is 4.79 Å². The molecule has 1 rings (SSSR count). The lowest BCUT2D eigenvalue weighted by atomic mass is 10.1. The van der Waals surface area contributed by atoms with Crippen LogP contribution in [0.3, 0.4) is 0 Å². The SMILES string of the molecule is COc1cc(OC)c(C(=O)N=C=O)c(OC)c1. The monoisotopic (exact) mass is 237 g/mol. The molecule has 0 aliphatic heterocycles. The van der Waals surface area contributed by atoms with Crippen molar-refractivity contribution in [1.29, 1.82) is 0 Å². The smallest absolute Gasteiger partial charge is 0.295 e. The zero-order chi connectivity index (χ0) is 12.8. The topological polar surface area (TPSA) is 74.2 Å². The predicted octanol–water partition coefficient (Wildman–Crippen LogP) is 1.19. The van der Waals surface area contributed by atoms with Crippen LogP contribution in [0.4, 0.5) is 0 Å². The Balaban J connectivity index is 3.44. The second kappa shape index (κ2) is 5.67. The van der Waals surface area contributed by atoms with E-state index in [4.69, 9.17) is 14.2 Å². The number of amides is 1. The molecule has 0 aliphatic carbocycles. The number of aliphatic imine (C=N–C) groups is 1. The lowest BCUT2D eigenvalue weighted by Gasteiger charge is -2.12. The van der Waals surface area contributed by atoms with Gasteiger partial charge in [0.05, 0.1) is 21.3 Å². The van der Waals surface area contributed by atoms with Crippen LogP contribution in [0.15, 0.2) is 17.1 Å². The van der Waals surface area contributed by atoms with Crippen molar-refractivity contribution in [3.8, 4) is 17.2 Å². The molecule has 6 heteroatoms. The van der Waals surface area contributed by atoms with Gasteiger partial charge in [-0.15, -0.1) is 4.99 Å². The summed E-state index contributed by atoms with van der Waals surface area (Å²) >= 11 is 0. The molecule has 1 amide bonds. The maximum atomic E-state index is 11.6. The third-order valence-corrected chi connectivity index (χ3v) is 2.08. The van der Waals surface area contributed by atoms with Crippen molar-refractivity contribution >= 4 is 12.0 Å². The van der Waals surface area contributed by atoms with Crippen molar-refractivity contribution in [2.24, 2.45) is 4.99 Å². The fraction of sp³-hybridized carbons (Fsp3) is 0.273. The second-order valence-corrected chi connectivity index (χ2v) is 2.92. The molecular formula is C11H11NO5. The fourth-order valence-corrected chi connectivity index (χ4v) is 1.31. The quantitative estimate of drug-likeness (QED) is 0.580. The maximum Gasteiger partial charge on any atom is 0.295 e. The van der Waals surface area contributed by atoms with Gasteiger partial charge in [0.15, 0.2) is 0 Å². The molecule has 0 aliphatic rings.